The van der Waals surface area contributed by atoms with Gasteiger partial charge < -0.3 is 9.22 Å². The van der Waals surface area contributed by atoms with E-state index in [9.17, 15) is 0 Å². The van der Waals surface area contributed by atoms with Crippen LogP contribution >= 0.6 is 0 Å². The van der Waals surface area contributed by atoms with Crippen LogP contribution in [0.4, 0.5) is 0 Å². The fourth-order valence-electron chi connectivity index (χ4n) is 0.670. The minimum absolute atomic E-state index is 0.745. The smallest absolute Gasteiger partial charge is 0.136 e. The number of likely N-dealkylation sites (N-methyl/N-ethyl adjacent to an activating group) is 1. The molecule has 0 amide bonds. The Morgan fingerprint density at radius 2 is 1.75 bits per heavy atom. The van der Waals surface area contributed by atoms with Gasteiger partial charge in [0.05, 0.1) is 21.1 Å². The lowest BCUT2D eigenvalue weighted by atomic mass is 10.2. The van der Waals surface area contributed by atoms with Crippen molar-refractivity contribution in [3.63, 3.8) is 0 Å². The van der Waals surface area contributed by atoms with Crippen LogP contribution in [-0.4, -0.2) is 44.9 Å². The predicted molar refractivity (Wildman–Crippen MR) is 32.6 cm³/mol. The van der Waals surface area contributed by atoms with Crippen LogP contribution in [0.5, 0.6) is 0 Å². The molecule has 0 aromatic carbocycles. The van der Waals surface area contributed by atoms with Crippen molar-refractivity contribution in [2.45, 2.75) is 6.04 Å². The highest BCUT2D eigenvalue weighted by molar-refractivity contribution is 4.63. The lowest BCUT2D eigenvalue weighted by Crippen LogP contribution is -2.56. The summed E-state index contributed by atoms with van der Waals surface area (Å²) in [4.78, 5) is 0. The van der Waals surface area contributed by atoms with Gasteiger partial charge in [0.15, 0.2) is 0 Å². The third kappa shape index (κ3) is 1.01. The number of quaternary nitrogens is 1. The molecule has 0 bridgehead atoms. The lowest BCUT2D eigenvalue weighted by molar-refractivity contribution is -0.905. The summed E-state index contributed by atoms with van der Waals surface area (Å²) in [5, 5.41) is 0. The van der Waals surface area contributed by atoms with Gasteiger partial charge in [0.2, 0.25) is 0 Å². The van der Waals surface area contributed by atoms with Crippen molar-refractivity contribution < 1.29 is 9.22 Å². The summed E-state index contributed by atoms with van der Waals surface area (Å²) < 4.78 is 6.09. The van der Waals surface area contributed by atoms with E-state index in [0.717, 1.165) is 23.7 Å². The molecule has 48 valence electrons. The molecule has 1 aliphatic rings. The minimum Gasteiger partial charge on any atom is -0.369 e. The van der Waals surface area contributed by atoms with Crippen LogP contribution in [0, 0.1) is 0 Å². The van der Waals surface area contributed by atoms with Crippen molar-refractivity contribution in [2.75, 3.05) is 34.4 Å². The van der Waals surface area contributed by atoms with E-state index in [4.69, 9.17) is 4.74 Å². The van der Waals surface area contributed by atoms with E-state index >= 15 is 0 Å². The summed E-state index contributed by atoms with van der Waals surface area (Å²) in [5.74, 6) is 0. The highest BCUT2D eigenvalue weighted by Crippen LogP contribution is 2.11. The maximum absolute atomic E-state index is 5.05. The maximum Gasteiger partial charge on any atom is 0.136 e. The second-order valence-corrected chi connectivity index (χ2v) is 3.31. The number of hydrogen-bond donors (Lipinski definition) is 0. The zero-order valence-electron chi connectivity index (χ0n) is 5.85. The topological polar surface area (TPSA) is 9.23 Å². The fourth-order valence-corrected chi connectivity index (χ4v) is 0.670. The van der Waals surface area contributed by atoms with Gasteiger partial charge in [-0.3, -0.25) is 0 Å². The van der Waals surface area contributed by atoms with Gasteiger partial charge in [-0.25, -0.2) is 0 Å². The molecule has 0 saturated carbocycles. The Morgan fingerprint density at radius 3 is 1.75 bits per heavy atom. The maximum atomic E-state index is 5.05. The number of hydrogen-bond acceptors (Lipinski definition) is 1. The molecule has 0 spiro atoms. The summed E-state index contributed by atoms with van der Waals surface area (Å²) in [5.41, 5.74) is 0. The van der Waals surface area contributed by atoms with Crippen molar-refractivity contribution in [2.24, 2.45) is 0 Å². The van der Waals surface area contributed by atoms with Gasteiger partial charge in [0.1, 0.15) is 19.3 Å². The molecule has 0 aromatic heterocycles. The summed E-state index contributed by atoms with van der Waals surface area (Å²) in [7, 11) is 6.60. The van der Waals surface area contributed by atoms with Crippen molar-refractivity contribution in [1.29, 1.82) is 0 Å². The van der Waals surface area contributed by atoms with Gasteiger partial charge >= 0.3 is 0 Å². The molecule has 0 atom stereocenters. The molecular formula is C6H14NO+. The molecule has 8 heavy (non-hydrogen) atoms. The van der Waals surface area contributed by atoms with Crippen molar-refractivity contribution in [3.05, 3.63) is 0 Å². The average Bonchev–Trinajstić information content (AvgIpc) is 1.16. The van der Waals surface area contributed by atoms with Gasteiger partial charge in [0.25, 0.3) is 0 Å². The third-order valence-corrected chi connectivity index (χ3v) is 1.72. The second-order valence-electron chi connectivity index (χ2n) is 3.31. The van der Waals surface area contributed by atoms with Crippen LogP contribution in [0.25, 0.3) is 0 Å². The van der Waals surface area contributed by atoms with Crippen LogP contribution < -0.4 is 0 Å². The van der Waals surface area contributed by atoms with Gasteiger partial charge in [-0.05, 0) is 0 Å². The summed E-state index contributed by atoms with van der Waals surface area (Å²) >= 11 is 0. The predicted octanol–water partition coefficient (Wildman–Crippen LogP) is 0.0914. The van der Waals surface area contributed by atoms with Gasteiger partial charge in [0, 0.05) is 0 Å². The van der Waals surface area contributed by atoms with Crippen LogP contribution in [-0.2, 0) is 4.74 Å². The quantitative estimate of drug-likeness (QED) is 0.441. The van der Waals surface area contributed by atoms with Crippen LogP contribution in [0.15, 0.2) is 0 Å². The largest absolute Gasteiger partial charge is 0.369 e. The molecule has 1 heterocycles. The van der Waals surface area contributed by atoms with E-state index in [1.54, 1.807) is 0 Å². The minimum atomic E-state index is 0.745. The van der Waals surface area contributed by atoms with Gasteiger partial charge in [-0.1, -0.05) is 0 Å². The SMILES string of the molecule is C[N+](C)(C)C1COC1. The van der Waals surface area contributed by atoms with E-state index in [0.29, 0.717) is 0 Å². The molecule has 0 unspecified atom stereocenters. The summed E-state index contributed by atoms with van der Waals surface area (Å²) in [6.07, 6.45) is 0. The number of nitrogens with zero attached hydrogens (tertiary/aromatic N) is 1. The molecule has 1 saturated heterocycles. The first-order chi connectivity index (χ1) is 3.61. The fraction of sp³-hybridized carbons (Fsp3) is 1.00. The Morgan fingerprint density at radius 1 is 1.25 bits per heavy atom. The summed E-state index contributed by atoms with van der Waals surface area (Å²) in [6, 6.07) is 0.745. The molecule has 0 aliphatic carbocycles. The highest BCUT2D eigenvalue weighted by atomic mass is 16.5. The zero-order valence-corrected chi connectivity index (χ0v) is 5.85. The monoisotopic (exact) mass is 116 g/mol. The standard InChI is InChI=1S/C6H14NO/c1-7(2,3)6-4-8-5-6/h6H,4-5H2,1-3H3/q+1. The molecule has 2 heteroatoms. The molecule has 1 rings (SSSR count). The Balaban J connectivity index is 2.34. The molecule has 1 aliphatic heterocycles. The van der Waals surface area contributed by atoms with E-state index in [1.165, 1.54) is 0 Å². The summed E-state index contributed by atoms with van der Waals surface area (Å²) in [6.45, 7) is 1.90. The number of rotatable bonds is 1. The van der Waals surface area contributed by atoms with Crippen LogP contribution in [0.2, 0.25) is 0 Å². The van der Waals surface area contributed by atoms with Crippen LogP contribution in [0.1, 0.15) is 0 Å². The molecule has 0 aromatic rings. The zero-order chi connectivity index (χ0) is 6.20. The van der Waals surface area contributed by atoms with Crippen molar-refractivity contribution in [1.82, 2.24) is 0 Å². The number of ether oxygens (including phenoxy) is 1. The van der Waals surface area contributed by atoms with Crippen molar-refractivity contribution >= 4 is 0 Å². The van der Waals surface area contributed by atoms with E-state index in [-0.39, 0.29) is 0 Å². The van der Waals surface area contributed by atoms with Crippen LogP contribution in [0.3, 0.4) is 0 Å². The first-order valence-electron chi connectivity index (χ1n) is 2.99. The molecule has 1 fully saturated rings. The Hall–Kier alpha value is -0.0800. The lowest BCUT2D eigenvalue weighted by Gasteiger charge is -2.39. The van der Waals surface area contributed by atoms with Gasteiger partial charge in [-0.15, -0.1) is 0 Å². The first kappa shape index (κ1) is 6.05. The Bertz CT molecular complexity index is 81.0. The first-order valence-corrected chi connectivity index (χ1v) is 2.99. The Labute approximate surface area is 50.6 Å². The Kier molecular flexibility index (Phi) is 1.29. The van der Waals surface area contributed by atoms with E-state index in [2.05, 4.69) is 21.1 Å². The molecule has 0 N–H and O–H groups in total. The third-order valence-electron chi connectivity index (χ3n) is 1.72. The molecule has 0 radical (unpaired) electrons. The normalized spacial score (nSPS) is 22.9. The molecular weight excluding hydrogens is 102 g/mol. The second kappa shape index (κ2) is 1.71. The van der Waals surface area contributed by atoms with Crippen molar-refractivity contribution in [3.8, 4) is 0 Å². The van der Waals surface area contributed by atoms with E-state index < -0.39 is 0 Å². The van der Waals surface area contributed by atoms with E-state index in [1.807, 2.05) is 0 Å². The average molecular weight is 116 g/mol. The highest BCUT2D eigenvalue weighted by Gasteiger charge is 2.30. The molecule has 2 nitrogen and oxygen atoms in total. The van der Waals surface area contributed by atoms with Gasteiger partial charge in [-0.2, -0.15) is 0 Å².